The average molecular weight is 883 g/mol. The summed E-state index contributed by atoms with van der Waals surface area (Å²) >= 11 is 0. The van der Waals surface area contributed by atoms with Crippen molar-refractivity contribution in [1.82, 2.24) is 0 Å². The highest BCUT2D eigenvalue weighted by Crippen LogP contribution is 2.64. The van der Waals surface area contributed by atoms with Crippen LogP contribution in [0.5, 0.6) is 5.75 Å². The molecule has 0 radical (unpaired) electrons. The Morgan fingerprint density at radius 2 is 1.09 bits per heavy atom. The lowest BCUT2D eigenvalue weighted by Crippen LogP contribution is -2.74. The summed E-state index contributed by atoms with van der Waals surface area (Å²) in [5, 5.41) is 10.8. The molecule has 1 rings (SSSR count). The van der Waals surface area contributed by atoms with Crippen molar-refractivity contribution in [1.29, 1.82) is 0 Å². The second kappa shape index (κ2) is 17.8. The molecule has 5 nitrogen and oxygen atoms in total. The van der Waals surface area contributed by atoms with E-state index in [1.807, 2.05) is 0 Å². The number of carbonyl (C=O) groups excluding carboxylic acids is 1. The van der Waals surface area contributed by atoms with Crippen molar-refractivity contribution in [3.8, 4) is 5.75 Å². The number of benzene rings is 1. The number of halogens is 17. The Morgan fingerprint density at radius 1 is 0.667 bits per heavy atom. The summed E-state index contributed by atoms with van der Waals surface area (Å²) in [4.78, 5) is 12.1. The smallest absolute Gasteiger partial charge is 0.460 e. The summed E-state index contributed by atoms with van der Waals surface area (Å²) in [5.41, 5.74) is -0.472. The zero-order valence-corrected chi connectivity index (χ0v) is 32.7. The summed E-state index contributed by atoms with van der Waals surface area (Å²) in [5.74, 6) is -57.6. The van der Waals surface area contributed by atoms with Crippen molar-refractivity contribution in [3.05, 3.63) is 41.0 Å². The molecule has 2 atom stereocenters. The molecule has 0 amide bonds. The van der Waals surface area contributed by atoms with Gasteiger partial charge in [-0.25, -0.2) is 4.79 Å². The number of rotatable bonds is 21. The van der Waals surface area contributed by atoms with Crippen molar-refractivity contribution in [3.63, 3.8) is 0 Å². The lowest BCUT2D eigenvalue weighted by molar-refractivity contribution is -0.461. The summed E-state index contributed by atoms with van der Waals surface area (Å²) in [7, 11) is -3.95. The van der Waals surface area contributed by atoms with Crippen LogP contribution in [0.25, 0.3) is 0 Å². The Labute approximate surface area is 318 Å². The van der Waals surface area contributed by atoms with E-state index < -0.39 is 104 Å². The molecule has 0 saturated heterocycles. The first-order chi connectivity index (χ1) is 25.4. The topological polar surface area (TPSA) is 65.0 Å². The molecule has 1 aromatic rings. The van der Waals surface area contributed by atoms with Crippen LogP contribution in [0, 0.1) is 5.92 Å². The van der Waals surface area contributed by atoms with Gasteiger partial charge in [0.2, 0.25) is 0 Å². The van der Waals surface area contributed by atoms with E-state index in [2.05, 4.69) is 0 Å². The average Bonchev–Trinajstić information content (AvgIpc) is 3.09. The van der Waals surface area contributed by atoms with Crippen molar-refractivity contribution >= 4 is 14.3 Å². The van der Waals surface area contributed by atoms with Gasteiger partial charge in [-0.15, -0.1) is 0 Å². The number of aliphatic hydroxyl groups is 1. The fourth-order valence-corrected chi connectivity index (χ4v) is 10.2. The minimum atomic E-state index is -8.68. The van der Waals surface area contributed by atoms with Crippen LogP contribution in [0.15, 0.2) is 35.4 Å². The Hall–Kier alpha value is -2.82. The highest BCUT2D eigenvalue weighted by atomic mass is 28.4. The lowest BCUT2D eigenvalue weighted by Gasteiger charge is -2.44. The van der Waals surface area contributed by atoms with Crippen LogP contribution in [0.2, 0.25) is 17.1 Å². The van der Waals surface area contributed by atoms with E-state index in [1.165, 1.54) is 58.9 Å². The minimum absolute atomic E-state index is 0.140. The molecule has 23 heteroatoms. The maximum Gasteiger partial charge on any atom is 0.460 e. The summed E-state index contributed by atoms with van der Waals surface area (Å²) in [6.45, 7) is 11.0. The van der Waals surface area contributed by atoms with Crippen molar-refractivity contribution < 1.29 is 98.4 Å². The molecule has 0 fully saturated rings. The summed E-state index contributed by atoms with van der Waals surface area (Å²) in [6, 6.07) is 4.43. The molecule has 0 aliphatic carbocycles. The van der Waals surface area contributed by atoms with Crippen LogP contribution in [-0.4, -0.2) is 86.8 Å². The predicted molar refractivity (Wildman–Crippen MR) is 173 cm³/mol. The van der Waals surface area contributed by atoms with Crippen LogP contribution in [0.4, 0.5) is 74.6 Å². The molecule has 0 bridgehead atoms. The van der Waals surface area contributed by atoms with Gasteiger partial charge < -0.3 is 19.0 Å². The Morgan fingerprint density at radius 3 is 1.49 bits per heavy atom. The lowest BCUT2D eigenvalue weighted by atomic mass is 9.88. The molecule has 0 aromatic heterocycles. The van der Waals surface area contributed by atoms with Crippen molar-refractivity contribution in [2.45, 2.75) is 133 Å². The molecule has 57 heavy (non-hydrogen) atoms. The maximum absolute atomic E-state index is 14.9. The van der Waals surface area contributed by atoms with Crippen LogP contribution in [-0.2, 0) is 14.0 Å². The van der Waals surface area contributed by atoms with Gasteiger partial charge in [0.25, 0.3) is 0 Å². The molecule has 0 unspecified atom stereocenters. The van der Waals surface area contributed by atoms with Crippen LogP contribution in [0.1, 0.15) is 73.5 Å². The van der Waals surface area contributed by atoms with Gasteiger partial charge in [0.15, 0.2) is 8.32 Å². The van der Waals surface area contributed by atoms with Crippen LogP contribution in [0.3, 0.4) is 0 Å². The SMILES string of the molecule is CCOC(=O)/C(C)=C(\C)[C@@H](C)[C@@H](O)c1ccc(OCCO[Si](CCC(F)(F)C(F)(F)C(F)(F)C(F)(F)C(F)(F)C(F)(F)C(F)(F)C(F)(F)F)(C(C)C)C(C)C)cc1. The number of hydrogen-bond acceptors (Lipinski definition) is 5. The maximum atomic E-state index is 14.9. The number of aliphatic hydroxyl groups excluding tert-OH is 1. The van der Waals surface area contributed by atoms with E-state index >= 15 is 0 Å². The molecule has 1 aromatic carbocycles. The summed E-state index contributed by atoms with van der Waals surface area (Å²) < 4.78 is 251. The zero-order valence-electron chi connectivity index (χ0n) is 31.7. The van der Waals surface area contributed by atoms with Gasteiger partial charge in [-0.3, -0.25) is 0 Å². The number of carbonyl (C=O) groups is 1. The number of esters is 1. The monoisotopic (exact) mass is 882 g/mol. The van der Waals surface area contributed by atoms with E-state index in [-0.39, 0.29) is 19.0 Å². The van der Waals surface area contributed by atoms with Gasteiger partial charge in [-0.2, -0.15) is 74.6 Å². The van der Waals surface area contributed by atoms with Gasteiger partial charge in [-0.05, 0) is 55.6 Å². The largest absolute Gasteiger partial charge is 0.491 e. The summed E-state index contributed by atoms with van der Waals surface area (Å²) in [6.07, 6.45) is -11.5. The van der Waals surface area contributed by atoms with Gasteiger partial charge in [0.1, 0.15) is 12.4 Å². The van der Waals surface area contributed by atoms with E-state index in [0.29, 0.717) is 16.7 Å². The van der Waals surface area contributed by atoms with E-state index in [9.17, 15) is 84.5 Å². The number of alkyl halides is 17. The fraction of sp³-hybridized carbons (Fsp3) is 0.735. The van der Waals surface area contributed by atoms with Crippen LogP contribution < -0.4 is 4.74 Å². The molecule has 0 heterocycles. The van der Waals surface area contributed by atoms with Gasteiger partial charge in [0.05, 0.1) is 19.3 Å². The normalized spacial score (nSPS) is 16.1. The molecule has 0 spiro atoms. The Balaban J connectivity index is 3.25. The molecule has 1 N–H and O–H groups in total. The zero-order chi connectivity index (χ0) is 45.2. The van der Waals surface area contributed by atoms with Gasteiger partial charge >= 0.3 is 53.6 Å². The van der Waals surface area contributed by atoms with E-state index in [1.54, 1.807) is 20.8 Å². The minimum Gasteiger partial charge on any atom is -0.491 e. The standard InChI is InChI=1S/C34H43F17O5Si/c1-9-54-26(53)22(8)20(6)21(7)25(52)23-10-12-24(13-11-23)55-15-16-56-57(18(2)3,19(4)5)17-14-27(35,36)28(37,38)29(39,40)30(41,42)31(43,44)32(45,46)33(47,48)34(49,50)51/h10-13,18-19,21,25,52H,9,14-17H2,1-8H3/b22-20+/t21-,25-/m1/s1. The molecule has 0 saturated carbocycles. The van der Waals surface area contributed by atoms with Crippen LogP contribution >= 0.6 is 0 Å². The quantitative estimate of drug-likeness (QED) is 0.0438. The molecular weight excluding hydrogens is 839 g/mol. The Kier molecular flexibility index (Phi) is 16.3. The van der Waals surface area contributed by atoms with Crippen molar-refractivity contribution in [2.24, 2.45) is 5.92 Å². The second-order valence-corrected chi connectivity index (χ2v) is 18.9. The first kappa shape index (κ1) is 52.2. The first-order valence-electron chi connectivity index (χ1n) is 17.0. The highest BCUT2D eigenvalue weighted by molar-refractivity contribution is 6.76. The predicted octanol–water partition coefficient (Wildman–Crippen LogP) is 11.8. The third-order valence-corrected chi connectivity index (χ3v) is 15.5. The molecule has 332 valence electrons. The van der Waals surface area contributed by atoms with E-state index in [0.717, 1.165) is 0 Å². The molecule has 0 aliphatic rings. The third-order valence-electron chi connectivity index (χ3n) is 9.85. The van der Waals surface area contributed by atoms with Gasteiger partial charge in [-0.1, -0.05) is 52.3 Å². The number of hydrogen-bond donors (Lipinski definition) is 1. The molecular formula is C34H43F17O5Si. The first-order valence-corrected chi connectivity index (χ1v) is 19.3. The second-order valence-electron chi connectivity index (χ2n) is 13.9. The third kappa shape index (κ3) is 9.64. The number of ether oxygens (including phenoxy) is 2. The van der Waals surface area contributed by atoms with Crippen molar-refractivity contribution in [2.75, 3.05) is 19.8 Å². The van der Waals surface area contributed by atoms with Gasteiger partial charge in [0, 0.05) is 17.9 Å². The highest BCUT2D eigenvalue weighted by Gasteiger charge is 2.95. The Bertz CT molecular complexity index is 1520. The fourth-order valence-electron chi connectivity index (χ4n) is 5.77. The molecule has 0 aliphatic heterocycles. The van der Waals surface area contributed by atoms with E-state index in [4.69, 9.17) is 13.9 Å².